The number of benzene rings is 1. The summed E-state index contributed by atoms with van der Waals surface area (Å²) in [6.45, 7) is 0. The van der Waals surface area contributed by atoms with Crippen molar-refractivity contribution in [2.45, 2.75) is 18.9 Å². The van der Waals surface area contributed by atoms with E-state index in [1.807, 2.05) is 12.1 Å². The zero-order valence-electron chi connectivity index (χ0n) is 12.2. The number of ether oxygens (including phenoxy) is 1. The van der Waals surface area contributed by atoms with E-state index in [9.17, 15) is 13.2 Å². The predicted octanol–water partition coefficient (Wildman–Crippen LogP) is 1.29. The molecule has 0 saturated carbocycles. The SMILES string of the molecule is COc1ccc2c(CC(=O)NC3CCS(=O)(=O)C3)coc2c1. The number of hydrogen-bond donors (Lipinski definition) is 1. The molecule has 1 aliphatic heterocycles. The summed E-state index contributed by atoms with van der Waals surface area (Å²) in [4.78, 5) is 12.1. The van der Waals surface area contributed by atoms with Gasteiger partial charge in [-0.15, -0.1) is 0 Å². The van der Waals surface area contributed by atoms with Gasteiger partial charge in [0.25, 0.3) is 0 Å². The summed E-state index contributed by atoms with van der Waals surface area (Å²) >= 11 is 0. The van der Waals surface area contributed by atoms with Crippen molar-refractivity contribution in [3.63, 3.8) is 0 Å². The van der Waals surface area contributed by atoms with E-state index >= 15 is 0 Å². The number of sulfone groups is 1. The van der Waals surface area contributed by atoms with E-state index in [4.69, 9.17) is 9.15 Å². The third-order valence-corrected chi connectivity index (χ3v) is 5.58. The minimum absolute atomic E-state index is 0.0298. The van der Waals surface area contributed by atoms with Gasteiger partial charge in [0.1, 0.15) is 11.3 Å². The summed E-state index contributed by atoms with van der Waals surface area (Å²) in [5.41, 5.74) is 1.43. The molecule has 1 aromatic carbocycles. The largest absolute Gasteiger partial charge is 0.497 e. The monoisotopic (exact) mass is 323 g/mol. The molecule has 7 heteroatoms. The third-order valence-electron chi connectivity index (χ3n) is 3.81. The van der Waals surface area contributed by atoms with Gasteiger partial charge in [-0.25, -0.2) is 8.42 Å². The summed E-state index contributed by atoms with van der Waals surface area (Å²) in [5.74, 6) is 0.670. The maximum Gasteiger partial charge on any atom is 0.224 e. The lowest BCUT2D eigenvalue weighted by Gasteiger charge is -2.10. The molecule has 3 rings (SSSR count). The molecular formula is C15H17NO5S. The topological polar surface area (TPSA) is 85.6 Å². The molecule has 1 N–H and O–H groups in total. The lowest BCUT2D eigenvalue weighted by molar-refractivity contribution is -0.120. The molecule has 0 aliphatic carbocycles. The van der Waals surface area contributed by atoms with E-state index in [-0.39, 0.29) is 29.9 Å². The molecule has 1 unspecified atom stereocenters. The lowest BCUT2D eigenvalue weighted by atomic mass is 10.1. The van der Waals surface area contributed by atoms with Crippen molar-refractivity contribution in [3.8, 4) is 5.75 Å². The van der Waals surface area contributed by atoms with Crippen LogP contribution in [0.5, 0.6) is 5.75 Å². The zero-order chi connectivity index (χ0) is 15.7. The molecule has 1 saturated heterocycles. The van der Waals surface area contributed by atoms with Crippen LogP contribution in [-0.4, -0.2) is 39.0 Å². The Morgan fingerprint density at radius 2 is 2.27 bits per heavy atom. The van der Waals surface area contributed by atoms with Gasteiger partial charge in [-0.05, 0) is 18.6 Å². The van der Waals surface area contributed by atoms with Crippen LogP contribution >= 0.6 is 0 Å². The Morgan fingerprint density at radius 3 is 2.95 bits per heavy atom. The van der Waals surface area contributed by atoms with Crippen LogP contribution in [-0.2, 0) is 21.1 Å². The number of nitrogens with one attached hydrogen (secondary N) is 1. The summed E-state index contributed by atoms with van der Waals surface area (Å²) < 4.78 is 33.4. The fraction of sp³-hybridized carbons (Fsp3) is 0.400. The quantitative estimate of drug-likeness (QED) is 0.916. The fourth-order valence-electron chi connectivity index (χ4n) is 2.69. The number of amides is 1. The third kappa shape index (κ3) is 3.09. The van der Waals surface area contributed by atoms with E-state index in [1.54, 1.807) is 19.4 Å². The highest BCUT2D eigenvalue weighted by molar-refractivity contribution is 7.91. The van der Waals surface area contributed by atoms with Crippen molar-refractivity contribution in [1.29, 1.82) is 0 Å². The maximum atomic E-state index is 12.1. The number of rotatable bonds is 4. The van der Waals surface area contributed by atoms with Crippen LogP contribution in [0.2, 0.25) is 0 Å². The lowest BCUT2D eigenvalue weighted by Crippen LogP contribution is -2.36. The van der Waals surface area contributed by atoms with Crippen LogP contribution in [0.15, 0.2) is 28.9 Å². The first-order chi connectivity index (χ1) is 10.5. The first-order valence-electron chi connectivity index (χ1n) is 7.01. The summed E-state index contributed by atoms with van der Waals surface area (Å²) in [6.07, 6.45) is 2.20. The van der Waals surface area contributed by atoms with Crippen LogP contribution < -0.4 is 10.1 Å². The molecule has 0 radical (unpaired) electrons. The van der Waals surface area contributed by atoms with Crippen LogP contribution in [0.3, 0.4) is 0 Å². The van der Waals surface area contributed by atoms with Gasteiger partial charge in [-0.1, -0.05) is 0 Å². The molecule has 6 nitrogen and oxygen atoms in total. The second-order valence-corrected chi connectivity index (χ2v) is 7.70. The van der Waals surface area contributed by atoms with Crippen LogP contribution in [0, 0.1) is 0 Å². The second kappa shape index (κ2) is 5.64. The summed E-state index contributed by atoms with van der Waals surface area (Å²) in [7, 11) is -1.42. The first kappa shape index (κ1) is 14.9. The minimum Gasteiger partial charge on any atom is -0.497 e. The number of furan rings is 1. The summed E-state index contributed by atoms with van der Waals surface area (Å²) in [6, 6.07) is 5.14. The highest BCUT2D eigenvalue weighted by Crippen LogP contribution is 2.26. The van der Waals surface area contributed by atoms with Crippen molar-refractivity contribution in [3.05, 3.63) is 30.0 Å². The van der Waals surface area contributed by atoms with Gasteiger partial charge in [0.15, 0.2) is 9.84 Å². The molecular weight excluding hydrogens is 306 g/mol. The van der Waals surface area contributed by atoms with Crippen molar-refractivity contribution >= 4 is 26.7 Å². The predicted molar refractivity (Wildman–Crippen MR) is 81.7 cm³/mol. The Morgan fingerprint density at radius 1 is 1.45 bits per heavy atom. The highest BCUT2D eigenvalue weighted by atomic mass is 32.2. The Hall–Kier alpha value is -2.02. The van der Waals surface area contributed by atoms with E-state index in [2.05, 4.69) is 5.32 Å². The molecule has 1 aliphatic rings. The van der Waals surface area contributed by atoms with Gasteiger partial charge in [-0.2, -0.15) is 0 Å². The summed E-state index contributed by atoms with van der Waals surface area (Å²) in [5, 5.41) is 3.63. The van der Waals surface area contributed by atoms with Gasteiger partial charge in [0.2, 0.25) is 5.91 Å². The van der Waals surface area contributed by atoms with Crippen LogP contribution in [0.4, 0.5) is 0 Å². The fourth-order valence-corrected chi connectivity index (χ4v) is 4.36. The second-order valence-electron chi connectivity index (χ2n) is 5.47. The van der Waals surface area contributed by atoms with Gasteiger partial charge >= 0.3 is 0 Å². The molecule has 22 heavy (non-hydrogen) atoms. The van der Waals surface area contributed by atoms with E-state index in [1.165, 1.54) is 0 Å². The first-order valence-corrected chi connectivity index (χ1v) is 8.83. The number of methoxy groups -OCH3 is 1. The van der Waals surface area contributed by atoms with Gasteiger partial charge < -0.3 is 14.5 Å². The average Bonchev–Trinajstić information content (AvgIpc) is 3.01. The molecule has 2 aromatic rings. The molecule has 0 bridgehead atoms. The Balaban J connectivity index is 1.69. The Bertz CT molecular complexity index is 808. The Kier molecular flexibility index (Phi) is 3.82. The molecule has 118 valence electrons. The van der Waals surface area contributed by atoms with Crippen molar-refractivity contribution in [1.82, 2.24) is 5.32 Å². The van der Waals surface area contributed by atoms with E-state index < -0.39 is 9.84 Å². The normalized spacial score (nSPS) is 20.1. The number of carbonyl (C=O) groups is 1. The van der Waals surface area contributed by atoms with Crippen LogP contribution in [0.1, 0.15) is 12.0 Å². The molecule has 0 spiro atoms. The maximum absolute atomic E-state index is 12.1. The van der Waals surface area contributed by atoms with Crippen molar-refractivity contribution in [2.75, 3.05) is 18.6 Å². The Labute approximate surface area is 128 Å². The van der Waals surface area contributed by atoms with Crippen molar-refractivity contribution < 1.29 is 22.4 Å². The molecule has 1 fully saturated rings. The van der Waals surface area contributed by atoms with E-state index in [0.29, 0.717) is 17.8 Å². The average molecular weight is 323 g/mol. The highest BCUT2D eigenvalue weighted by Gasteiger charge is 2.29. The van der Waals surface area contributed by atoms with Gasteiger partial charge in [-0.3, -0.25) is 4.79 Å². The number of fused-ring (bicyclic) bond motifs is 1. The molecule has 1 amide bonds. The minimum atomic E-state index is -2.99. The smallest absolute Gasteiger partial charge is 0.224 e. The standard InChI is InChI=1S/C15H17NO5S/c1-20-12-2-3-13-10(8-21-14(13)7-12)6-15(17)16-11-4-5-22(18,19)9-11/h2-3,7-8,11H,4-6,9H2,1H3,(H,16,17). The van der Waals surface area contributed by atoms with Gasteiger partial charge in [0.05, 0.1) is 31.3 Å². The van der Waals surface area contributed by atoms with Gasteiger partial charge in [0, 0.05) is 23.1 Å². The molecule has 1 atom stereocenters. The van der Waals surface area contributed by atoms with Crippen molar-refractivity contribution in [2.24, 2.45) is 0 Å². The van der Waals surface area contributed by atoms with E-state index in [0.717, 1.165) is 10.9 Å². The zero-order valence-corrected chi connectivity index (χ0v) is 13.0. The number of hydrogen-bond acceptors (Lipinski definition) is 5. The number of carbonyl (C=O) groups excluding carboxylic acids is 1. The molecule has 1 aromatic heterocycles. The molecule has 2 heterocycles. The van der Waals surface area contributed by atoms with Crippen LogP contribution in [0.25, 0.3) is 11.0 Å².